The summed E-state index contributed by atoms with van der Waals surface area (Å²) in [4.78, 5) is 47.3. The van der Waals surface area contributed by atoms with Gasteiger partial charge < -0.3 is 24.5 Å². The zero-order chi connectivity index (χ0) is 30.3. The van der Waals surface area contributed by atoms with E-state index in [0.717, 1.165) is 5.52 Å². The number of likely N-dealkylation sites (tertiary alicyclic amines) is 1. The van der Waals surface area contributed by atoms with Crippen LogP contribution in [0.2, 0.25) is 0 Å². The van der Waals surface area contributed by atoms with Crippen LogP contribution in [-0.4, -0.2) is 96.4 Å². The second-order valence-electron chi connectivity index (χ2n) is 11.1. The first-order chi connectivity index (χ1) is 20.9. The quantitative estimate of drug-likeness (QED) is 0.250. The molecule has 3 amide bonds. The lowest BCUT2D eigenvalue weighted by Gasteiger charge is -2.37. The SMILES string of the molecule is C=CCN(Cn1nnc2ccccc21)C(=O)C1N(CCO)C(=O)[C@@H]2[C@H](C(=O)N(CC=C)c3ccccc3)[C@H]3OC12CC3Br. The van der Waals surface area contributed by atoms with Crippen LogP contribution in [0.5, 0.6) is 0 Å². The molecule has 3 fully saturated rings. The predicted molar refractivity (Wildman–Crippen MR) is 163 cm³/mol. The van der Waals surface area contributed by atoms with Crippen molar-refractivity contribution in [1.29, 1.82) is 0 Å². The average Bonchev–Trinajstić information content (AvgIpc) is 3.73. The third-order valence-electron chi connectivity index (χ3n) is 8.68. The molecule has 1 aromatic heterocycles. The highest BCUT2D eigenvalue weighted by molar-refractivity contribution is 9.09. The van der Waals surface area contributed by atoms with Gasteiger partial charge in [0.2, 0.25) is 17.7 Å². The van der Waals surface area contributed by atoms with E-state index in [1.54, 1.807) is 26.6 Å². The minimum Gasteiger partial charge on any atom is -0.395 e. The minimum atomic E-state index is -1.26. The number of carbonyl (C=O) groups excluding carboxylic acids is 3. The molecule has 3 unspecified atom stereocenters. The van der Waals surface area contributed by atoms with Crippen LogP contribution in [0.15, 0.2) is 79.9 Å². The Hall–Kier alpha value is -3.87. The fourth-order valence-electron chi connectivity index (χ4n) is 7.01. The summed E-state index contributed by atoms with van der Waals surface area (Å²) in [5, 5.41) is 18.4. The molecule has 0 saturated carbocycles. The van der Waals surface area contributed by atoms with E-state index in [1.807, 2.05) is 54.6 Å². The lowest BCUT2D eigenvalue weighted by Crippen LogP contribution is -2.57. The number of anilines is 1. The number of nitrogens with zero attached hydrogens (tertiary/aromatic N) is 6. The summed E-state index contributed by atoms with van der Waals surface area (Å²) in [6.07, 6.45) is 2.99. The molecule has 2 aromatic carbocycles. The Balaban J connectivity index is 1.38. The van der Waals surface area contributed by atoms with E-state index in [-0.39, 0.29) is 55.5 Å². The Bertz CT molecular complexity index is 1560. The Morgan fingerprint density at radius 1 is 1.09 bits per heavy atom. The number of β-amino-alcohol motifs (C(OH)–C–C–N with tert-alkyl or cyclic N) is 1. The number of aromatic nitrogens is 3. The highest BCUT2D eigenvalue weighted by atomic mass is 79.9. The topological polar surface area (TPSA) is 121 Å². The first kappa shape index (κ1) is 29.2. The van der Waals surface area contributed by atoms with Gasteiger partial charge in [-0.05, 0) is 30.7 Å². The molecule has 4 heterocycles. The van der Waals surface area contributed by atoms with E-state index in [1.165, 1.54) is 4.90 Å². The molecule has 11 nitrogen and oxygen atoms in total. The van der Waals surface area contributed by atoms with Crippen LogP contribution in [-0.2, 0) is 25.8 Å². The number of benzene rings is 2. The van der Waals surface area contributed by atoms with Gasteiger partial charge >= 0.3 is 0 Å². The van der Waals surface area contributed by atoms with Crippen molar-refractivity contribution >= 4 is 50.4 Å². The highest BCUT2D eigenvalue weighted by Crippen LogP contribution is 2.60. The first-order valence-electron chi connectivity index (χ1n) is 14.2. The summed E-state index contributed by atoms with van der Waals surface area (Å²) in [6.45, 7) is 7.74. The van der Waals surface area contributed by atoms with Crippen LogP contribution in [0.25, 0.3) is 11.0 Å². The summed E-state index contributed by atoms with van der Waals surface area (Å²) in [5.74, 6) is -2.74. The number of halogens is 1. The molecule has 12 heteroatoms. The Morgan fingerprint density at radius 3 is 2.53 bits per heavy atom. The average molecular weight is 650 g/mol. The van der Waals surface area contributed by atoms with Gasteiger partial charge in [-0.1, -0.05) is 63.6 Å². The van der Waals surface area contributed by atoms with Gasteiger partial charge in [-0.15, -0.1) is 18.3 Å². The van der Waals surface area contributed by atoms with Crippen molar-refractivity contribution in [3.8, 4) is 0 Å². The molecule has 3 aliphatic heterocycles. The third kappa shape index (κ3) is 4.68. The van der Waals surface area contributed by atoms with Crippen LogP contribution in [0.4, 0.5) is 5.69 Å². The van der Waals surface area contributed by atoms with Crippen molar-refractivity contribution in [2.45, 2.75) is 35.7 Å². The lowest BCUT2D eigenvalue weighted by atomic mass is 9.70. The molecule has 0 aliphatic carbocycles. The van der Waals surface area contributed by atoms with Crippen LogP contribution in [0.1, 0.15) is 6.42 Å². The van der Waals surface area contributed by atoms with E-state index in [4.69, 9.17) is 4.74 Å². The van der Waals surface area contributed by atoms with Crippen molar-refractivity contribution in [3.05, 3.63) is 79.9 Å². The number of alkyl halides is 1. The van der Waals surface area contributed by atoms with E-state index in [0.29, 0.717) is 17.6 Å². The molecule has 6 rings (SSSR count). The van der Waals surface area contributed by atoms with Crippen LogP contribution in [0, 0.1) is 11.8 Å². The van der Waals surface area contributed by atoms with Crippen molar-refractivity contribution in [2.75, 3.05) is 31.1 Å². The predicted octanol–water partition coefficient (Wildman–Crippen LogP) is 2.36. The number of hydrogen-bond donors (Lipinski definition) is 1. The largest absolute Gasteiger partial charge is 0.395 e. The molecule has 224 valence electrons. The number of hydrogen-bond acceptors (Lipinski definition) is 7. The van der Waals surface area contributed by atoms with Gasteiger partial charge in [0.1, 0.15) is 23.8 Å². The summed E-state index contributed by atoms with van der Waals surface area (Å²) in [7, 11) is 0. The summed E-state index contributed by atoms with van der Waals surface area (Å²) >= 11 is 3.72. The van der Waals surface area contributed by atoms with Gasteiger partial charge in [-0.2, -0.15) is 0 Å². The number of para-hydroxylation sites is 2. The molecule has 6 atom stereocenters. The van der Waals surface area contributed by atoms with Gasteiger partial charge in [0.15, 0.2) is 0 Å². The third-order valence-corrected chi connectivity index (χ3v) is 9.53. The minimum absolute atomic E-state index is 0.0639. The Kier molecular flexibility index (Phi) is 7.92. The first-order valence-corrected chi connectivity index (χ1v) is 15.2. The smallest absolute Gasteiger partial charge is 0.250 e. The standard InChI is InChI=1S/C31H33BrN6O5/c1-3-14-35(19-38-23-13-9-8-12-22(23)33-34-38)30(42)27-31-18-21(32)26(43-31)24(25(31)29(41)37(27)16-17-39)28(40)36(15-4-2)20-10-6-5-7-11-20/h3-13,21,24-27,39H,1-2,14-19H2/t21?,24-,25-,26-,27?,31?/m0/s1. The molecular formula is C31H33BrN6O5. The van der Waals surface area contributed by atoms with Crippen molar-refractivity contribution in [2.24, 2.45) is 11.8 Å². The molecule has 3 aromatic rings. The van der Waals surface area contributed by atoms with Crippen molar-refractivity contribution < 1.29 is 24.2 Å². The maximum absolute atomic E-state index is 14.5. The fraction of sp³-hybridized carbons (Fsp3) is 0.387. The molecule has 1 spiro atoms. The van der Waals surface area contributed by atoms with Gasteiger partial charge in [0.05, 0.1) is 30.1 Å². The molecule has 3 aliphatic rings. The number of rotatable bonds is 11. The fourth-order valence-corrected chi connectivity index (χ4v) is 7.95. The van der Waals surface area contributed by atoms with Gasteiger partial charge in [-0.25, -0.2) is 4.68 Å². The molecule has 2 bridgehead atoms. The second-order valence-corrected chi connectivity index (χ2v) is 12.2. The van der Waals surface area contributed by atoms with E-state index < -0.39 is 29.6 Å². The van der Waals surface area contributed by atoms with Crippen molar-refractivity contribution in [1.82, 2.24) is 24.8 Å². The number of aliphatic hydroxyl groups excluding tert-OH is 1. The van der Waals surface area contributed by atoms with Gasteiger partial charge in [0, 0.05) is 30.1 Å². The maximum Gasteiger partial charge on any atom is 0.250 e. The number of fused-ring (bicyclic) bond motifs is 2. The number of ether oxygens (including phenoxy) is 1. The number of carbonyl (C=O) groups is 3. The van der Waals surface area contributed by atoms with Gasteiger partial charge in [0.25, 0.3) is 0 Å². The maximum atomic E-state index is 14.5. The summed E-state index contributed by atoms with van der Waals surface area (Å²) < 4.78 is 8.26. The number of aliphatic hydroxyl groups is 1. The Morgan fingerprint density at radius 2 is 1.81 bits per heavy atom. The zero-order valence-corrected chi connectivity index (χ0v) is 25.1. The lowest BCUT2D eigenvalue weighted by molar-refractivity contribution is -0.149. The molecular weight excluding hydrogens is 616 g/mol. The van der Waals surface area contributed by atoms with E-state index >= 15 is 0 Å². The molecule has 3 saturated heterocycles. The monoisotopic (exact) mass is 648 g/mol. The summed E-state index contributed by atoms with van der Waals surface area (Å²) in [6, 6.07) is 15.6. The van der Waals surface area contributed by atoms with Crippen LogP contribution >= 0.6 is 15.9 Å². The van der Waals surface area contributed by atoms with Crippen LogP contribution in [0.3, 0.4) is 0 Å². The normalized spacial score (nSPS) is 27.3. The van der Waals surface area contributed by atoms with E-state index in [2.05, 4.69) is 39.4 Å². The van der Waals surface area contributed by atoms with E-state index in [9.17, 15) is 19.5 Å². The number of amides is 3. The highest BCUT2D eigenvalue weighted by Gasteiger charge is 2.76. The molecule has 0 radical (unpaired) electrons. The van der Waals surface area contributed by atoms with Crippen LogP contribution < -0.4 is 4.90 Å². The Labute approximate surface area is 257 Å². The molecule has 1 N–H and O–H groups in total. The molecule has 43 heavy (non-hydrogen) atoms. The summed E-state index contributed by atoms with van der Waals surface area (Å²) in [5.41, 5.74) is 0.859. The second kappa shape index (κ2) is 11.7. The van der Waals surface area contributed by atoms with Crippen molar-refractivity contribution in [3.63, 3.8) is 0 Å². The zero-order valence-electron chi connectivity index (χ0n) is 23.5. The van der Waals surface area contributed by atoms with Gasteiger partial charge in [-0.3, -0.25) is 14.4 Å².